The van der Waals surface area contributed by atoms with Gasteiger partial charge in [-0.25, -0.2) is 4.79 Å². The third kappa shape index (κ3) is 16.5. The van der Waals surface area contributed by atoms with Crippen molar-refractivity contribution in [3.8, 4) is 0 Å². The molecule has 0 saturated carbocycles. The zero-order valence-electron chi connectivity index (χ0n) is 17.4. The lowest BCUT2D eigenvalue weighted by molar-refractivity contribution is -0.143. The number of amides is 1. The summed E-state index contributed by atoms with van der Waals surface area (Å²) in [5.74, 6) is -1.29. The highest BCUT2D eigenvalue weighted by Gasteiger charge is 2.19. The van der Waals surface area contributed by atoms with Crippen molar-refractivity contribution >= 4 is 11.9 Å². The quantitative estimate of drug-likeness (QED) is 0.234. The number of allylic oxidation sites excluding steroid dienone is 2. The highest BCUT2D eigenvalue weighted by Crippen LogP contribution is 2.14. The summed E-state index contributed by atoms with van der Waals surface area (Å²) < 4.78 is 0. The van der Waals surface area contributed by atoms with Gasteiger partial charge in [-0.1, -0.05) is 77.4 Å². The number of carbonyl (C=O) groups excluding carboxylic acids is 1. The molecule has 0 aliphatic rings. The molecule has 5 nitrogen and oxygen atoms in total. The molecule has 0 aliphatic heterocycles. The predicted octanol–water partition coefficient (Wildman–Crippen LogP) is 4.83. The third-order valence-corrected chi connectivity index (χ3v) is 4.81. The highest BCUT2D eigenvalue weighted by molar-refractivity contribution is 5.83. The van der Waals surface area contributed by atoms with E-state index in [1.807, 2.05) is 6.92 Å². The first kappa shape index (κ1) is 25.6. The van der Waals surface area contributed by atoms with Gasteiger partial charge in [0.15, 0.2) is 0 Å². The van der Waals surface area contributed by atoms with Crippen molar-refractivity contribution in [1.82, 2.24) is 5.32 Å². The second-order valence-corrected chi connectivity index (χ2v) is 7.62. The van der Waals surface area contributed by atoms with Crippen LogP contribution >= 0.6 is 0 Å². The van der Waals surface area contributed by atoms with Gasteiger partial charge in [-0.2, -0.15) is 0 Å². The lowest BCUT2D eigenvalue weighted by atomic mass is 9.99. The van der Waals surface area contributed by atoms with Crippen LogP contribution in [0.4, 0.5) is 0 Å². The standard InChI is InChI=1S/C22H41NO4/c1-3-4-5-6-7-8-9-10-11-12-13-14-15-16-19(2)17-21(25)23-20(18-24)22(26)27/h10-11,19-20,24H,3-9,12-18H2,1-2H3,(H,23,25)(H,26,27). The van der Waals surface area contributed by atoms with Gasteiger partial charge in [-0.15, -0.1) is 0 Å². The normalized spacial score (nSPS) is 13.6. The molecule has 2 unspecified atom stereocenters. The summed E-state index contributed by atoms with van der Waals surface area (Å²) in [7, 11) is 0. The van der Waals surface area contributed by atoms with Crippen LogP contribution in [0, 0.1) is 5.92 Å². The number of hydrogen-bond acceptors (Lipinski definition) is 3. The van der Waals surface area contributed by atoms with Gasteiger partial charge in [0, 0.05) is 6.42 Å². The van der Waals surface area contributed by atoms with E-state index < -0.39 is 18.6 Å². The zero-order chi connectivity index (χ0) is 20.3. The molecule has 0 spiro atoms. The predicted molar refractivity (Wildman–Crippen MR) is 111 cm³/mol. The Morgan fingerprint density at radius 1 is 0.926 bits per heavy atom. The molecular formula is C22H41NO4. The van der Waals surface area contributed by atoms with Crippen LogP contribution in [0.2, 0.25) is 0 Å². The Morgan fingerprint density at radius 2 is 1.48 bits per heavy atom. The van der Waals surface area contributed by atoms with Crippen molar-refractivity contribution in [1.29, 1.82) is 0 Å². The zero-order valence-corrected chi connectivity index (χ0v) is 17.4. The average molecular weight is 384 g/mol. The summed E-state index contributed by atoms with van der Waals surface area (Å²) in [4.78, 5) is 22.5. The molecule has 0 saturated heterocycles. The molecule has 3 N–H and O–H groups in total. The number of carboxylic acid groups (broad SMARTS) is 1. The number of nitrogens with one attached hydrogen (secondary N) is 1. The summed E-state index contributed by atoms with van der Waals surface area (Å²) in [5.41, 5.74) is 0. The van der Waals surface area contributed by atoms with Crippen LogP contribution in [0.3, 0.4) is 0 Å². The number of carboxylic acids is 1. The number of carbonyl (C=O) groups is 2. The Balaban J connectivity index is 3.54. The maximum absolute atomic E-state index is 11.8. The summed E-state index contributed by atoms with van der Waals surface area (Å²) >= 11 is 0. The van der Waals surface area contributed by atoms with Gasteiger partial charge in [0.2, 0.25) is 5.91 Å². The monoisotopic (exact) mass is 383 g/mol. The number of aliphatic hydroxyl groups excluding tert-OH is 1. The molecule has 0 rings (SSSR count). The van der Waals surface area contributed by atoms with Crippen LogP contribution in [0.1, 0.15) is 97.3 Å². The molecule has 0 aromatic heterocycles. The van der Waals surface area contributed by atoms with E-state index in [1.54, 1.807) is 0 Å². The summed E-state index contributed by atoms with van der Waals surface area (Å²) in [5, 5.41) is 20.1. The second kappa shape index (κ2) is 18.0. The minimum atomic E-state index is -1.21. The number of aliphatic carboxylic acids is 1. The fourth-order valence-corrected chi connectivity index (χ4v) is 3.07. The maximum Gasteiger partial charge on any atom is 0.328 e. The van der Waals surface area contributed by atoms with Crippen molar-refractivity contribution in [2.24, 2.45) is 5.92 Å². The summed E-state index contributed by atoms with van der Waals surface area (Å²) in [6, 6.07) is -1.20. The van der Waals surface area contributed by atoms with E-state index in [-0.39, 0.29) is 11.8 Å². The van der Waals surface area contributed by atoms with Crippen LogP contribution in [-0.4, -0.2) is 34.7 Å². The van der Waals surface area contributed by atoms with E-state index in [4.69, 9.17) is 10.2 Å². The minimum absolute atomic E-state index is 0.224. The molecule has 0 bridgehead atoms. The number of unbranched alkanes of at least 4 members (excludes halogenated alkanes) is 9. The first-order valence-electron chi connectivity index (χ1n) is 10.8. The SMILES string of the molecule is CCCCCCCCC=CCCCCCC(C)CC(=O)NC(CO)C(=O)O. The lowest BCUT2D eigenvalue weighted by Gasteiger charge is -2.14. The van der Waals surface area contributed by atoms with E-state index >= 15 is 0 Å². The van der Waals surface area contributed by atoms with Gasteiger partial charge in [0.1, 0.15) is 6.04 Å². The molecule has 0 fully saturated rings. The fourth-order valence-electron chi connectivity index (χ4n) is 3.07. The number of aliphatic hydroxyl groups is 1. The van der Waals surface area contributed by atoms with Crippen molar-refractivity contribution < 1.29 is 19.8 Å². The first-order chi connectivity index (χ1) is 13.0. The molecule has 5 heteroatoms. The molecule has 0 aliphatic carbocycles. The van der Waals surface area contributed by atoms with Crippen molar-refractivity contribution in [3.05, 3.63) is 12.2 Å². The Labute approximate surface area is 165 Å². The number of rotatable bonds is 18. The molecule has 0 radical (unpaired) electrons. The molecular weight excluding hydrogens is 342 g/mol. The van der Waals surface area contributed by atoms with Gasteiger partial charge in [0.25, 0.3) is 0 Å². The van der Waals surface area contributed by atoms with Crippen LogP contribution in [-0.2, 0) is 9.59 Å². The van der Waals surface area contributed by atoms with Crippen molar-refractivity contribution in [2.75, 3.05) is 6.61 Å². The van der Waals surface area contributed by atoms with Crippen LogP contribution in [0.15, 0.2) is 12.2 Å². The van der Waals surface area contributed by atoms with E-state index in [1.165, 1.54) is 51.4 Å². The van der Waals surface area contributed by atoms with Crippen LogP contribution in [0.5, 0.6) is 0 Å². The molecule has 158 valence electrons. The Hall–Kier alpha value is -1.36. The van der Waals surface area contributed by atoms with E-state index in [0.717, 1.165) is 25.7 Å². The Bertz CT molecular complexity index is 409. The summed E-state index contributed by atoms with van der Waals surface area (Å²) in [6.07, 6.45) is 19.7. The molecule has 27 heavy (non-hydrogen) atoms. The van der Waals surface area contributed by atoms with Crippen molar-refractivity contribution in [2.45, 2.75) is 103 Å². The fraction of sp³-hybridized carbons (Fsp3) is 0.818. The van der Waals surface area contributed by atoms with E-state index in [9.17, 15) is 9.59 Å². The first-order valence-corrected chi connectivity index (χ1v) is 10.8. The van der Waals surface area contributed by atoms with Gasteiger partial charge >= 0.3 is 5.97 Å². The maximum atomic E-state index is 11.8. The molecule has 0 aromatic carbocycles. The largest absolute Gasteiger partial charge is 0.480 e. The van der Waals surface area contributed by atoms with Gasteiger partial charge in [-0.3, -0.25) is 4.79 Å². The van der Waals surface area contributed by atoms with Crippen molar-refractivity contribution in [3.63, 3.8) is 0 Å². The highest BCUT2D eigenvalue weighted by atomic mass is 16.4. The Morgan fingerprint density at radius 3 is 2.04 bits per heavy atom. The topological polar surface area (TPSA) is 86.6 Å². The molecule has 2 atom stereocenters. The third-order valence-electron chi connectivity index (χ3n) is 4.81. The van der Waals surface area contributed by atoms with Crippen LogP contribution in [0.25, 0.3) is 0 Å². The van der Waals surface area contributed by atoms with Crippen LogP contribution < -0.4 is 5.32 Å². The van der Waals surface area contributed by atoms with E-state index in [0.29, 0.717) is 6.42 Å². The van der Waals surface area contributed by atoms with Gasteiger partial charge in [-0.05, 0) is 31.6 Å². The number of hydrogen-bond donors (Lipinski definition) is 3. The van der Waals surface area contributed by atoms with Gasteiger partial charge in [0.05, 0.1) is 6.61 Å². The smallest absolute Gasteiger partial charge is 0.328 e. The average Bonchev–Trinajstić information content (AvgIpc) is 2.63. The lowest BCUT2D eigenvalue weighted by Crippen LogP contribution is -2.43. The second-order valence-electron chi connectivity index (χ2n) is 7.62. The van der Waals surface area contributed by atoms with E-state index in [2.05, 4.69) is 24.4 Å². The molecule has 0 heterocycles. The molecule has 0 aromatic rings. The van der Waals surface area contributed by atoms with Gasteiger partial charge < -0.3 is 15.5 Å². The molecule has 1 amide bonds. The minimum Gasteiger partial charge on any atom is -0.480 e. The Kier molecular flexibility index (Phi) is 17.1. The summed E-state index contributed by atoms with van der Waals surface area (Å²) in [6.45, 7) is 3.67.